The molecule has 0 saturated heterocycles. The summed E-state index contributed by atoms with van der Waals surface area (Å²) in [6.07, 6.45) is 0. The van der Waals surface area contributed by atoms with Crippen LogP contribution in [0.15, 0.2) is 28.7 Å². The Balaban J connectivity index is 2.46. The van der Waals surface area contributed by atoms with E-state index in [1.807, 2.05) is 38.1 Å². The van der Waals surface area contributed by atoms with Crippen molar-refractivity contribution in [2.45, 2.75) is 20.5 Å². The number of ether oxygens (including phenoxy) is 1. The average Bonchev–Trinajstić information content (AvgIpc) is 2.13. The predicted octanol–water partition coefficient (Wildman–Crippen LogP) is 2.28. The molecule has 0 aromatic heterocycles. The molecule has 4 nitrogen and oxygen atoms in total. The summed E-state index contributed by atoms with van der Waals surface area (Å²) in [7, 11) is -3.47. The van der Waals surface area contributed by atoms with Crippen molar-refractivity contribution in [3.05, 3.63) is 34.3 Å². The molecule has 0 saturated carbocycles. The lowest BCUT2D eigenvalue weighted by atomic mass is 9.98. The van der Waals surface area contributed by atoms with Gasteiger partial charge in [0.05, 0.1) is 19.0 Å². The molecule has 1 aromatic rings. The first-order valence-electron chi connectivity index (χ1n) is 5.51. The van der Waals surface area contributed by atoms with Crippen molar-refractivity contribution in [2.24, 2.45) is 10.6 Å². The molecule has 0 atom stereocenters. The second-order valence-corrected chi connectivity index (χ2v) is 7.62. The summed E-state index contributed by atoms with van der Waals surface area (Å²) in [6.45, 7) is 4.43. The predicted molar refractivity (Wildman–Crippen MR) is 75.6 cm³/mol. The van der Waals surface area contributed by atoms with Gasteiger partial charge in [-0.15, -0.1) is 0 Å². The van der Waals surface area contributed by atoms with Crippen molar-refractivity contribution in [1.82, 2.24) is 0 Å². The fourth-order valence-corrected chi connectivity index (χ4v) is 3.28. The van der Waals surface area contributed by atoms with Crippen molar-refractivity contribution in [3.63, 3.8) is 0 Å². The second kappa shape index (κ2) is 6.14. The van der Waals surface area contributed by atoms with Crippen LogP contribution in [0, 0.1) is 5.41 Å². The first kappa shape index (κ1) is 15.6. The van der Waals surface area contributed by atoms with Gasteiger partial charge in [-0.25, -0.2) is 13.6 Å². The van der Waals surface area contributed by atoms with E-state index in [4.69, 9.17) is 9.88 Å². The maximum Gasteiger partial charge on any atom is 0.209 e. The van der Waals surface area contributed by atoms with Crippen LogP contribution in [0.1, 0.15) is 19.4 Å². The van der Waals surface area contributed by atoms with Gasteiger partial charge in [-0.2, -0.15) is 0 Å². The summed E-state index contributed by atoms with van der Waals surface area (Å²) >= 11 is 3.38. The van der Waals surface area contributed by atoms with Crippen molar-refractivity contribution in [1.29, 1.82) is 0 Å². The number of nitrogens with two attached hydrogens (primary N) is 1. The molecule has 0 aliphatic carbocycles. The third kappa shape index (κ3) is 6.49. The molecule has 0 unspecified atom stereocenters. The summed E-state index contributed by atoms with van der Waals surface area (Å²) in [5.41, 5.74) is 0.551. The lowest BCUT2D eigenvalue weighted by Gasteiger charge is -2.23. The molecule has 0 heterocycles. The molecule has 2 N–H and O–H groups in total. The lowest BCUT2D eigenvalue weighted by Crippen LogP contribution is -2.32. The van der Waals surface area contributed by atoms with Gasteiger partial charge in [-0.1, -0.05) is 41.9 Å². The van der Waals surface area contributed by atoms with E-state index in [2.05, 4.69) is 15.9 Å². The molecule has 0 spiro atoms. The van der Waals surface area contributed by atoms with Crippen LogP contribution in [0.3, 0.4) is 0 Å². The van der Waals surface area contributed by atoms with E-state index >= 15 is 0 Å². The quantitative estimate of drug-likeness (QED) is 0.866. The molecular formula is C12H18BrNO3S. The normalized spacial score (nSPS) is 12.7. The number of rotatable bonds is 6. The Morgan fingerprint density at radius 1 is 1.39 bits per heavy atom. The zero-order valence-electron chi connectivity index (χ0n) is 10.5. The molecular weight excluding hydrogens is 318 g/mol. The first-order valence-corrected chi connectivity index (χ1v) is 8.01. The molecule has 1 aromatic carbocycles. The SMILES string of the molecule is CC(C)(COCc1cccc(Br)c1)CS(N)(=O)=O. The van der Waals surface area contributed by atoms with Gasteiger partial charge in [-0.3, -0.25) is 0 Å². The monoisotopic (exact) mass is 335 g/mol. The molecule has 1 rings (SSSR count). The fraction of sp³-hybridized carbons (Fsp3) is 0.500. The Hall–Kier alpha value is -0.430. The van der Waals surface area contributed by atoms with Gasteiger partial charge in [-0.05, 0) is 17.7 Å². The third-order valence-corrected chi connectivity index (χ3v) is 3.92. The zero-order chi connectivity index (χ0) is 13.8. The third-order valence-electron chi connectivity index (χ3n) is 2.24. The van der Waals surface area contributed by atoms with Crippen LogP contribution in [0.25, 0.3) is 0 Å². The van der Waals surface area contributed by atoms with Crippen LogP contribution in [-0.2, 0) is 21.4 Å². The van der Waals surface area contributed by atoms with Crippen LogP contribution in [-0.4, -0.2) is 20.8 Å². The number of primary sulfonamides is 1. The highest BCUT2D eigenvalue weighted by Crippen LogP contribution is 2.19. The van der Waals surface area contributed by atoms with E-state index < -0.39 is 15.4 Å². The van der Waals surface area contributed by atoms with Crippen LogP contribution >= 0.6 is 15.9 Å². The summed E-state index contributed by atoms with van der Waals surface area (Å²) in [5.74, 6) is -0.0848. The maximum atomic E-state index is 11.0. The Morgan fingerprint density at radius 2 is 2.06 bits per heavy atom. The van der Waals surface area contributed by atoms with E-state index in [0.717, 1.165) is 10.0 Å². The molecule has 6 heteroatoms. The number of hydrogen-bond donors (Lipinski definition) is 1. The van der Waals surface area contributed by atoms with Crippen molar-refractivity contribution >= 4 is 26.0 Å². The van der Waals surface area contributed by atoms with Crippen LogP contribution < -0.4 is 5.14 Å². The van der Waals surface area contributed by atoms with Gasteiger partial charge in [0, 0.05) is 9.89 Å². The van der Waals surface area contributed by atoms with E-state index in [0.29, 0.717) is 13.2 Å². The molecule has 0 fully saturated rings. The van der Waals surface area contributed by atoms with Gasteiger partial charge in [0.2, 0.25) is 10.0 Å². The Kier molecular flexibility index (Phi) is 5.33. The Morgan fingerprint density at radius 3 is 2.61 bits per heavy atom. The van der Waals surface area contributed by atoms with Crippen LogP contribution in [0.4, 0.5) is 0 Å². The minimum Gasteiger partial charge on any atom is -0.376 e. The highest BCUT2D eigenvalue weighted by molar-refractivity contribution is 9.10. The van der Waals surface area contributed by atoms with Gasteiger partial charge in [0.25, 0.3) is 0 Å². The molecule has 18 heavy (non-hydrogen) atoms. The first-order chi connectivity index (χ1) is 8.18. The van der Waals surface area contributed by atoms with Crippen molar-refractivity contribution < 1.29 is 13.2 Å². The summed E-state index contributed by atoms with van der Waals surface area (Å²) in [4.78, 5) is 0. The van der Waals surface area contributed by atoms with Gasteiger partial charge >= 0.3 is 0 Å². The minimum atomic E-state index is -3.47. The van der Waals surface area contributed by atoms with E-state index in [1.165, 1.54) is 0 Å². The molecule has 0 amide bonds. The van der Waals surface area contributed by atoms with Crippen LogP contribution in [0.2, 0.25) is 0 Å². The van der Waals surface area contributed by atoms with E-state index in [9.17, 15) is 8.42 Å². The number of benzene rings is 1. The molecule has 0 aliphatic rings. The summed E-state index contributed by atoms with van der Waals surface area (Å²) in [5, 5.41) is 5.03. The molecule has 102 valence electrons. The largest absolute Gasteiger partial charge is 0.376 e. The van der Waals surface area contributed by atoms with Crippen LogP contribution in [0.5, 0.6) is 0 Å². The minimum absolute atomic E-state index is 0.0848. The van der Waals surface area contributed by atoms with Gasteiger partial charge in [0.15, 0.2) is 0 Å². The smallest absolute Gasteiger partial charge is 0.209 e. The average molecular weight is 336 g/mol. The summed E-state index contributed by atoms with van der Waals surface area (Å²) in [6, 6.07) is 7.79. The molecule has 0 aliphatic heterocycles. The van der Waals surface area contributed by atoms with E-state index in [1.54, 1.807) is 0 Å². The fourth-order valence-electron chi connectivity index (χ4n) is 1.66. The standard InChI is InChI=1S/C12H18BrNO3S/c1-12(2,9-18(14,15)16)8-17-7-10-4-3-5-11(13)6-10/h3-6H,7-9H2,1-2H3,(H2,14,15,16). The molecule has 0 bridgehead atoms. The lowest BCUT2D eigenvalue weighted by molar-refractivity contribution is 0.0612. The highest BCUT2D eigenvalue weighted by Gasteiger charge is 2.24. The van der Waals surface area contributed by atoms with Gasteiger partial charge in [0.1, 0.15) is 0 Å². The Labute approximate surface area is 117 Å². The zero-order valence-corrected chi connectivity index (χ0v) is 12.9. The number of halogens is 1. The topological polar surface area (TPSA) is 69.4 Å². The number of hydrogen-bond acceptors (Lipinski definition) is 3. The van der Waals surface area contributed by atoms with Gasteiger partial charge < -0.3 is 4.74 Å². The number of sulfonamides is 1. The summed E-state index contributed by atoms with van der Waals surface area (Å²) < 4.78 is 28.6. The second-order valence-electron chi connectivity index (χ2n) is 5.09. The Bertz CT molecular complexity index is 500. The van der Waals surface area contributed by atoms with E-state index in [-0.39, 0.29) is 5.75 Å². The van der Waals surface area contributed by atoms with Crippen molar-refractivity contribution in [3.8, 4) is 0 Å². The highest BCUT2D eigenvalue weighted by atomic mass is 79.9. The molecule has 0 radical (unpaired) electrons. The van der Waals surface area contributed by atoms with Crippen molar-refractivity contribution in [2.75, 3.05) is 12.4 Å². The maximum absolute atomic E-state index is 11.0.